The number of rotatable bonds is 10. The second-order valence-electron chi connectivity index (χ2n) is 9.27. The third-order valence-electron chi connectivity index (χ3n) is 7.53. The van der Waals surface area contributed by atoms with Crippen molar-refractivity contribution < 1.29 is 0 Å². The molecule has 2 aliphatic rings. The van der Waals surface area contributed by atoms with Gasteiger partial charge in [-0.05, 0) is 56.3 Å². The predicted molar refractivity (Wildman–Crippen MR) is 108 cm³/mol. The van der Waals surface area contributed by atoms with Gasteiger partial charge < -0.3 is 0 Å². The molecular formula is C24H43N. The van der Waals surface area contributed by atoms with Crippen LogP contribution in [0.4, 0.5) is 0 Å². The Morgan fingerprint density at radius 1 is 0.720 bits per heavy atom. The molecule has 0 saturated heterocycles. The van der Waals surface area contributed by atoms with Gasteiger partial charge in [0.2, 0.25) is 0 Å². The van der Waals surface area contributed by atoms with Crippen LogP contribution in [0, 0.1) is 34.5 Å². The highest BCUT2D eigenvalue weighted by Crippen LogP contribution is 2.51. The van der Waals surface area contributed by atoms with Crippen LogP contribution in [0.15, 0.2) is 0 Å². The summed E-state index contributed by atoms with van der Waals surface area (Å²) < 4.78 is 0. The Hall–Kier alpha value is -0.510. The summed E-state index contributed by atoms with van der Waals surface area (Å²) in [5.74, 6) is 2.59. The maximum absolute atomic E-state index is 10.0. The molecule has 1 nitrogen and oxygen atoms in total. The van der Waals surface area contributed by atoms with Crippen molar-refractivity contribution in [2.24, 2.45) is 23.2 Å². The average molecular weight is 346 g/mol. The zero-order valence-electron chi connectivity index (χ0n) is 17.2. The van der Waals surface area contributed by atoms with Gasteiger partial charge in [0.1, 0.15) is 0 Å². The normalized spacial score (nSPS) is 33.1. The summed E-state index contributed by atoms with van der Waals surface area (Å²) in [6.45, 7) is 4.60. The number of nitriles is 1. The molecule has 144 valence electrons. The Morgan fingerprint density at radius 2 is 1.28 bits per heavy atom. The average Bonchev–Trinajstić information content (AvgIpc) is 2.67. The zero-order valence-corrected chi connectivity index (χ0v) is 17.2. The fraction of sp³-hybridized carbons (Fsp3) is 0.958. The van der Waals surface area contributed by atoms with Crippen molar-refractivity contribution in [3.05, 3.63) is 0 Å². The summed E-state index contributed by atoms with van der Waals surface area (Å²) in [5.41, 5.74) is 0.0500. The smallest absolute Gasteiger partial charge is 0.0692 e. The van der Waals surface area contributed by atoms with Crippen molar-refractivity contribution in [3.8, 4) is 6.07 Å². The first-order valence-electron chi connectivity index (χ1n) is 11.6. The summed E-state index contributed by atoms with van der Waals surface area (Å²) in [5, 5.41) is 10.0. The van der Waals surface area contributed by atoms with Crippen molar-refractivity contribution in [1.82, 2.24) is 0 Å². The van der Waals surface area contributed by atoms with Gasteiger partial charge >= 0.3 is 0 Å². The SMILES string of the molecule is CCCCCCC[C@H]1CC[C@](C#N)(C2CCC(CCCC)CC2)CC1. The van der Waals surface area contributed by atoms with Gasteiger partial charge in [0.15, 0.2) is 0 Å². The zero-order chi connectivity index (χ0) is 18.0. The van der Waals surface area contributed by atoms with Crippen LogP contribution >= 0.6 is 0 Å². The number of hydrogen-bond donors (Lipinski definition) is 0. The van der Waals surface area contributed by atoms with Crippen LogP contribution in [-0.4, -0.2) is 0 Å². The molecule has 0 bridgehead atoms. The van der Waals surface area contributed by atoms with Crippen molar-refractivity contribution in [2.75, 3.05) is 0 Å². The van der Waals surface area contributed by atoms with Crippen LogP contribution in [0.3, 0.4) is 0 Å². The van der Waals surface area contributed by atoms with Gasteiger partial charge in [-0.3, -0.25) is 0 Å². The molecule has 0 aliphatic heterocycles. The van der Waals surface area contributed by atoms with Crippen LogP contribution in [0.25, 0.3) is 0 Å². The number of hydrogen-bond acceptors (Lipinski definition) is 1. The topological polar surface area (TPSA) is 23.8 Å². The summed E-state index contributed by atoms with van der Waals surface area (Å²) in [4.78, 5) is 0. The second-order valence-corrected chi connectivity index (χ2v) is 9.27. The van der Waals surface area contributed by atoms with Gasteiger partial charge in [-0.2, -0.15) is 5.26 Å². The van der Waals surface area contributed by atoms with Gasteiger partial charge in [0, 0.05) is 0 Å². The van der Waals surface area contributed by atoms with Gasteiger partial charge in [0.25, 0.3) is 0 Å². The van der Waals surface area contributed by atoms with E-state index in [9.17, 15) is 5.26 Å². The molecule has 25 heavy (non-hydrogen) atoms. The van der Waals surface area contributed by atoms with Crippen LogP contribution in [-0.2, 0) is 0 Å². The fourth-order valence-corrected chi connectivity index (χ4v) is 5.63. The Bertz CT molecular complexity index is 377. The molecule has 0 aromatic heterocycles. The molecule has 2 saturated carbocycles. The fourth-order valence-electron chi connectivity index (χ4n) is 5.63. The molecule has 2 aliphatic carbocycles. The molecule has 1 heteroatoms. The number of nitrogens with zero attached hydrogens (tertiary/aromatic N) is 1. The predicted octanol–water partition coefficient (Wildman–Crippen LogP) is 8.04. The lowest BCUT2D eigenvalue weighted by Gasteiger charge is -2.43. The molecule has 0 radical (unpaired) electrons. The van der Waals surface area contributed by atoms with E-state index >= 15 is 0 Å². The Morgan fingerprint density at radius 3 is 1.88 bits per heavy atom. The largest absolute Gasteiger partial charge is 0.198 e. The molecule has 0 aromatic rings. The van der Waals surface area contributed by atoms with Crippen LogP contribution in [0.5, 0.6) is 0 Å². The molecule has 0 heterocycles. The summed E-state index contributed by atoms with van der Waals surface area (Å²) in [7, 11) is 0. The lowest BCUT2D eigenvalue weighted by atomic mass is 9.59. The molecule has 0 amide bonds. The first kappa shape index (κ1) is 20.8. The minimum absolute atomic E-state index is 0.0500. The molecule has 0 unspecified atom stereocenters. The lowest BCUT2D eigenvalue weighted by Crippen LogP contribution is -2.36. The third-order valence-corrected chi connectivity index (χ3v) is 7.53. The van der Waals surface area contributed by atoms with E-state index in [2.05, 4.69) is 19.9 Å². The highest BCUT2D eigenvalue weighted by molar-refractivity contribution is 5.06. The summed E-state index contributed by atoms with van der Waals surface area (Å²) >= 11 is 0. The lowest BCUT2D eigenvalue weighted by molar-refractivity contribution is 0.0842. The van der Waals surface area contributed by atoms with E-state index in [0.717, 1.165) is 11.8 Å². The number of unbranched alkanes of at least 4 members (excludes halogenated alkanes) is 5. The van der Waals surface area contributed by atoms with Crippen LogP contribution in [0.2, 0.25) is 0 Å². The first-order chi connectivity index (χ1) is 12.2. The standard InChI is InChI=1S/C24H43N/c1-3-5-7-8-9-11-22-16-18-24(20-25,19-17-22)23-14-12-21(13-15-23)10-6-4-2/h21-23H,3-19H2,1-2H3/t21?,22-,23?,24-. The van der Waals surface area contributed by atoms with Crippen molar-refractivity contribution in [2.45, 2.75) is 123 Å². The van der Waals surface area contributed by atoms with Crippen molar-refractivity contribution >= 4 is 0 Å². The molecule has 2 rings (SSSR count). The van der Waals surface area contributed by atoms with Gasteiger partial charge in [0.05, 0.1) is 11.5 Å². The first-order valence-corrected chi connectivity index (χ1v) is 11.6. The quantitative estimate of drug-likeness (QED) is 0.367. The van der Waals surface area contributed by atoms with E-state index < -0.39 is 0 Å². The monoisotopic (exact) mass is 345 g/mol. The van der Waals surface area contributed by atoms with E-state index in [4.69, 9.17) is 0 Å². The van der Waals surface area contributed by atoms with E-state index in [-0.39, 0.29) is 5.41 Å². The second kappa shape index (κ2) is 11.3. The Balaban J connectivity index is 1.71. The van der Waals surface area contributed by atoms with Crippen molar-refractivity contribution in [1.29, 1.82) is 5.26 Å². The minimum atomic E-state index is 0.0500. The van der Waals surface area contributed by atoms with E-state index in [1.165, 1.54) is 109 Å². The van der Waals surface area contributed by atoms with Gasteiger partial charge in [-0.25, -0.2) is 0 Å². The molecule has 0 spiro atoms. The van der Waals surface area contributed by atoms with Crippen LogP contribution < -0.4 is 0 Å². The molecular weight excluding hydrogens is 302 g/mol. The Kier molecular flexibility index (Phi) is 9.36. The van der Waals surface area contributed by atoms with Gasteiger partial charge in [-0.15, -0.1) is 0 Å². The molecule has 0 N–H and O–H groups in total. The maximum atomic E-state index is 10.0. The minimum Gasteiger partial charge on any atom is -0.198 e. The highest BCUT2D eigenvalue weighted by Gasteiger charge is 2.43. The Labute approximate surface area is 158 Å². The summed E-state index contributed by atoms with van der Waals surface area (Å²) in [6, 6.07) is 2.85. The molecule has 0 aromatic carbocycles. The maximum Gasteiger partial charge on any atom is 0.0692 e. The third kappa shape index (κ3) is 6.30. The van der Waals surface area contributed by atoms with Gasteiger partial charge in [-0.1, -0.05) is 84.5 Å². The van der Waals surface area contributed by atoms with Crippen molar-refractivity contribution in [3.63, 3.8) is 0 Å². The summed E-state index contributed by atoms with van der Waals surface area (Å²) in [6.07, 6.45) is 23.2. The van der Waals surface area contributed by atoms with Crippen LogP contribution in [0.1, 0.15) is 123 Å². The molecule has 2 fully saturated rings. The molecule has 0 atom stereocenters. The highest BCUT2D eigenvalue weighted by atomic mass is 14.5. The van der Waals surface area contributed by atoms with E-state index in [0.29, 0.717) is 5.92 Å². The van der Waals surface area contributed by atoms with E-state index in [1.807, 2.05) is 0 Å². The van der Waals surface area contributed by atoms with E-state index in [1.54, 1.807) is 0 Å².